The number of hydrogen-bond donors (Lipinski definition) is 2. The molecular formula is C16H25ClN2O3S. The van der Waals surface area contributed by atoms with Crippen LogP contribution in [0.2, 0.25) is 5.02 Å². The summed E-state index contributed by atoms with van der Waals surface area (Å²) in [4.78, 5) is 11.9. The van der Waals surface area contributed by atoms with Crippen molar-refractivity contribution < 1.29 is 13.2 Å². The Balaban J connectivity index is 2.36. The number of unbranched alkanes of at least 4 members (excludes halogenated alkanes) is 2. The van der Waals surface area contributed by atoms with Gasteiger partial charge in [-0.1, -0.05) is 43.9 Å². The molecule has 0 aliphatic heterocycles. The van der Waals surface area contributed by atoms with Crippen LogP contribution in [0.3, 0.4) is 0 Å². The third-order valence-corrected chi connectivity index (χ3v) is 5.09. The van der Waals surface area contributed by atoms with Crippen molar-refractivity contribution in [3.8, 4) is 0 Å². The van der Waals surface area contributed by atoms with E-state index in [9.17, 15) is 13.2 Å². The maximum atomic E-state index is 12.1. The fourth-order valence-electron chi connectivity index (χ4n) is 2.14. The van der Waals surface area contributed by atoms with Crippen LogP contribution < -0.4 is 10.0 Å². The Morgan fingerprint density at radius 2 is 2.04 bits per heavy atom. The van der Waals surface area contributed by atoms with Crippen LogP contribution in [0.4, 0.5) is 0 Å². The van der Waals surface area contributed by atoms with Gasteiger partial charge in [-0.2, -0.15) is 0 Å². The molecule has 0 radical (unpaired) electrons. The molecule has 7 heteroatoms. The molecule has 0 aliphatic rings. The first-order valence-electron chi connectivity index (χ1n) is 7.89. The second kappa shape index (κ2) is 9.90. The lowest BCUT2D eigenvalue weighted by Crippen LogP contribution is -2.35. The molecule has 130 valence electrons. The first-order valence-corrected chi connectivity index (χ1v) is 9.76. The summed E-state index contributed by atoms with van der Waals surface area (Å²) in [6, 6.07) is 6.12. The summed E-state index contributed by atoms with van der Waals surface area (Å²) in [5.41, 5.74) is 0. The van der Waals surface area contributed by atoms with Gasteiger partial charge in [-0.05, 0) is 31.5 Å². The topological polar surface area (TPSA) is 75.3 Å². The minimum Gasteiger partial charge on any atom is -0.354 e. The second-order valence-corrected chi connectivity index (χ2v) is 7.77. The molecule has 0 bridgehead atoms. The Kier molecular flexibility index (Phi) is 8.58. The maximum Gasteiger partial charge on any atom is 0.240 e. The SMILES string of the molecule is CCCCCC(C)NC(=O)CCNS(=O)(=O)c1cccc(Cl)c1. The number of nitrogens with one attached hydrogen (secondary N) is 2. The standard InChI is InChI=1S/C16H25ClN2O3S/c1-3-4-5-7-13(2)19-16(20)10-11-18-23(21,22)15-9-6-8-14(17)12-15/h6,8-9,12-13,18H,3-5,7,10-11H2,1-2H3,(H,19,20). The van der Waals surface area contributed by atoms with E-state index in [2.05, 4.69) is 17.0 Å². The third-order valence-electron chi connectivity index (χ3n) is 3.40. The number of sulfonamides is 1. The molecule has 1 rings (SSSR count). The van der Waals surface area contributed by atoms with Gasteiger partial charge < -0.3 is 5.32 Å². The monoisotopic (exact) mass is 360 g/mol. The molecule has 0 heterocycles. The van der Waals surface area contributed by atoms with Crippen molar-refractivity contribution in [3.05, 3.63) is 29.3 Å². The van der Waals surface area contributed by atoms with Gasteiger partial charge in [-0.3, -0.25) is 4.79 Å². The molecule has 0 aliphatic carbocycles. The average Bonchev–Trinajstić information content (AvgIpc) is 2.47. The number of amides is 1. The van der Waals surface area contributed by atoms with E-state index >= 15 is 0 Å². The molecule has 23 heavy (non-hydrogen) atoms. The Morgan fingerprint density at radius 1 is 1.30 bits per heavy atom. The summed E-state index contributed by atoms with van der Waals surface area (Å²) >= 11 is 5.79. The minimum absolute atomic E-state index is 0.0579. The molecule has 0 saturated carbocycles. The quantitative estimate of drug-likeness (QED) is 0.629. The lowest BCUT2D eigenvalue weighted by atomic mass is 10.1. The van der Waals surface area contributed by atoms with Gasteiger partial charge in [-0.25, -0.2) is 13.1 Å². The van der Waals surface area contributed by atoms with E-state index in [1.807, 2.05) is 6.92 Å². The molecule has 0 aromatic heterocycles. The number of benzene rings is 1. The Bertz CT molecular complexity index is 605. The van der Waals surface area contributed by atoms with Crippen LogP contribution in [0, 0.1) is 0 Å². The van der Waals surface area contributed by atoms with E-state index in [1.54, 1.807) is 12.1 Å². The Morgan fingerprint density at radius 3 is 2.70 bits per heavy atom. The molecule has 1 aromatic rings. The van der Waals surface area contributed by atoms with Gasteiger partial charge in [0.15, 0.2) is 0 Å². The minimum atomic E-state index is -3.64. The zero-order valence-corrected chi connectivity index (χ0v) is 15.2. The highest BCUT2D eigenvalue weighted by Crippen LogP contribution is 2.15. The van der Waals surface area contributed by atoms with E-state index < -0.39 is 10.0 Å². The fourth-order valence-corrected chi connectivity index (χ4v) is 3.47. The Hall–Kier alpha value is -1.11. The normalized spacial score (nSPS) is 12.8. The van der Waals surface area contributed by atoms with Crippen LogP contribution in [0.1, 0.15) is 46.0 Å². The van der Waals surface area contributed by atoms with Gasteiger partial charge in [-0.15, -0.1) is 0 Å². The van der Waals surface area contributed by atoms with Crippen molar-refractivity contribution in [2.24, 2.45) is 0 Å². The molecule has 5 nitrogen and oxygen atoms in total. The highest BCUT2D eigenvalue weighted by Gasteiger charge is 2.15. The number of rotatable bonds is 10. The molecule has 2 N–H and O–H groups in total. The molecule has 0 fully saturated rings. The number of carbonyl (C=O) groups is 1. The van der Waals surface area contributed by atoms with Crippen LogP contribution in [-0.4, -0.2) is 26.9 Å². The predicted octanol–water partition coefficient (Wildman–Crippen LogP) is 3.09. The summed E-state index contributed by atoms with van der Waals surface area (Å²) < 4.78 is 26.5. The van der Waals surface area contributed by atoms with Gasteiger partial charge in [0, 0.05) is 24.0 Å². The maximum absolute atomic E-state index is 12.1. The highest BCUT2D eigenvalue weighted by atomic mass is 35.5. The third kappa shape index (κ3) is 7.81. The van der Waals surface area contributed by atoms with Crippen LogP contribution in [-0.2, 0) is 14.8 Å². The van der Waals surface area contributed by atoms with Crippen molar-refractivity contribution in [2.45, 2.75) is 56.9 Å². The lowest BCUT2D eigenvalue weighted by molar-refractivity contribution is -0.121. The van der Waals surface area contributed by atoms with E-state index in [1.165, 1.54) is 12.1 Å². The van der Waals surface area contributed by atoms with Gasteiger partial charge in [0.25, 0.3) is 0 Å². The molecule has 1 aromatic carbocycles. The zero-order chi connectivity index (χ0) is 17.3. The summed E-state index contributed by atoms with van der Waals surface area (Å²) in [6.07, 6.45) is 4.43. The van der Waals surface area contributed by atoms with Crippen LogP contribution in [0.25, 0.3) is 0 Å². The van der Waals surface area contributed by atoms with Crippen LogP contribution in [0.15, 0.2) is 29.2 Å². The van der Waals surface area contributed by atoms with Crippen molar-refractivity contribution in [1.82, 2.24) is 10.0 Å². The summed E-state index contributed by atoms with van der Waals surface area (Å²) in [6.45, 7) is 4.15. The number of halogens is 1. The smallest absolute Gasteiger partial charge is 0.240 e. The summed E-state index contributed by atoms with van der Waals surface area (Å²) in [7, 11) is -3.64. The largest absolute Gasteiger partial charge is 0.354 e. The molecule has 0 saturated heterocycles. The number of carbonyl (C=O) groups excluding carboxylic acids is 1. The molecule has 0 spiro atoms. The van der Waals surface area contributed by atoms with E-state index in [0.29, 0.717) is 5.02 Å². The fraction of sp³-hybridized carbons (Fsp3) is 0.562. The van der Waals surface area contributed by atoms with Crippen LogP contribution >= 0.6 is 11.6 Å². The molecule has 1 atom stereocenters. The molecular weight excluding hydrogens is 336 g/mol. The van der Waals surface area contributed by atoms with Gasteiger partial charge in [0.1, 0.15) is 0 Å². The lowest BCUT2D eigenvalue weighted by Gasteiger charge is -2.14. The van der Waals surface area contributed by atoms with Gasteiger partial charge in [0.05, 0.1) is 4.90 Å². The summed E-state index contributed by atoms with van der Waals surface area (Å²) in [5, 5.41) is 3.23. The van der Waals surface area contributed by atoms with Crippen molar-refractivity contribution in [1.29, 1.82) is 0 Å². The van der Waals surface area contributed by atoms with Crippen molar-refractivity contribution in [3.63, 3.8) is 0 Å². The van der Waals surface area contributed by atoms with Crippen molar-refractivity contribution >= 4 is 27.5 Å². The van der Waals surface area contributed by atoms with Gasteiger partial charge >= 0.3 is 0 Å². The molecule has 1 unspecified atom stereocenters. The first kappa shape index (κ1) is 19.9. The first-order chi connectivity index (χ1) is 10.8. The van der Waals surface area contributed by atoms with E-state index in [0.717, 1.165) is 25.7 Å². The second-order valence-electron chi connectivity index (χ2n) is 5.57. The van der Waals surface area contributed by atoms with Crippen LogP contribution in [0.5, 0.6) is 0 Å². The van der Waals surface area contributed by atoms with Crippen molar-refractivity contribution in [2.75, 3.05) is 6.54 Å². The number of hydrogen-bond acceptors (Lipinski definition) is 3. The zero-order valence-electron chi connectivity index (χ0n) is 13.6. The highest BCUT2D eigenvalue weighted by molar-refractivity contribution is 7.89. The average molecular weight is 361 g/mol. The molecule has 1 amide bonds. The predicted molar refractivity (Wildman–Crippen MR) is 93.0 cm³/mol. The summed E-state index contributed by atoms with van der Waals surface area (Å²) in [5.74, 6) is -0.150. The van der Waals surface area contributed by atoms with E-state index in [-0.39, 0.29) is 29.8 Å². The van der Waals surface area contributed by atoms with Gasteiger partial charge in [0.2, 0.25) is 15.9 Å². The van der Waals surface area contributed by atoms with E-state index in [4.69, 9.17) is 11.6 Å². The Labute approximate surface area is 143 Å².